The maximum Gasteiger partial charge on any atom is 0.277 e. The van der Waals surface area contributed by atoms with Crippen LogP contribution in [0.2, 0.25) is 5.02 Å². The lowest BCUT2D eigenvalue weighted by molar-refractivity contribution is -0.385. The number of benzene rings is 1. The SMILES string of the molecule is CC1(C)CC(=O)C(c2c(Cl)cc(N)cc2[N+](=O)[O-])C(=O)C1. The van der Waals surface area contributed by atoms with Crippen molar-refractivity contribution in [3.05, 3.63) is 32.8 Å². The molecule has 1 aromatic carbocycles. The Bertz CT molecular complexity index is 635. The number of nitrogens with two attached hydrogens (primary N) is 1. The Balaban J connectivity index is 2.59. The molecule has 0 unspecified atom stereocenters. The van der Waals surface area contributed by atoms with Gasteiger partial charge in [0, 0.05) is 24.6 Å². The molecule has 0 amide bonds. The molecule has 112 valence electrons. The third-order valence-electron chi connectivity index (χ3n) is 3.56. The highest BCUT2D eigenvalue weighted by Gasteiger charge is 2.43. The fraction of sp³-hybridized carbons (Fsp3) is 0.429. The van der Waals surface area contributed by atoms with E-state index in [1.165, 1.54) is 6.07 Å². The molecule has 21 heavy (non-hydrogen) atoms. The second kappa shape index (κ2) is 5.11. The topological polar surface area (TPSA) is 103 Å². The van der Waals surface area contributed by atoms with Crippen LogP contribution < -0.4 is 5.73 Å². The minimum atomic E-state index is -1.17. The first-order valence-corrected chi connectivity index (χ1v) is 6.79. The number of nitro groups is 1. The Kier molecular flexibility index (Phi) is 3.76. The van der Waals surface area contributed by atoms with Crippen molar-refractivity contribution < 1.29 is 14.5 Å². The van der Waals surface area contributed by atoms with Gasteiger partial charge in [0.2, 0.25) is 0 Å². The number of nitro benzene ring substituents is 1. The molecule has 1 fully saturated rings. The van der Waals surface area contributed by atoms with E-state index in [0.717, 1.165) is 6.07 Å². The molecule has 0 aliphatic heterocycles. The number of hydrogen-bond acceptors (Lipinski definition) is 5. The zero-order chi connectivity index (χ0) is 15.9. The van der Waals surface area contributed by atoms with Gasteiger partial charge in [0.15, 0.2) is 0 Å². The number of carbonyl (C=O) groups is 2. The molecule has 1 aromatic rings. The molecule has 0 radical (unpaired) electrons. The average Bonchev–Trinajstić information content (AvgIpc) is 2.28. The molecule has 0 bridgehead atoms. The quantitative estimate of drug-likeness (QED) is 0.391. The standard InChI is InChI=1S/C14H15ClN2O4/c1-14(2)5-10(18)13(11(19)6-14)12-8(15)3-7(16)4-9(12)17(20)21/h3-4,13H,5-6,16H2,1-2H3. The van der Waals surface area contributed by atoms with Crippen molar-refractivity contribution in [2.24, 2.45) is 5.41 Å². The van der Waals surface area contributed by atoms with Crippen LogP contribution in [0, 0.1) is 15.5 Å². The number of ketones is 2. The highest BCUT2D eigenvalue weighted by atomic mass is 35.5. The number of halogens is 1. The van der Waals surface area contributed by atoms with Crippen LogP contribution in [0.3, 0.4) is 0 Å². The highest BCUT2D eigenvalue weighted by molar-refractivity contribution is 6.33. The van der Waals surface area contributed by atoms with Gasteiger partial charge in [-0.3, -0.25) is 19.7 Å². The van der Waals surface area contributed by atoms with Gasteiger partial charge in [0.1, 0.15) is 17.5 Å². The molecule has 1 saturated carbocycles. The molecule has 2 rings (SSSR count). The van der Waals surface area contributed by atoms with E-state index >= 15 is 0 Å². The van der Waals surface area contributed by atoms with E-state index in [9.17, 15) is 19.7 Å². The Labute approximate surface area is 126 Å². The number of carbonyl (C=O) groups excluding carboxylic acids is 2. The van der Waals surface area contributed by atoms with Gasteiger partial charge in [-0.15, -0.1) is 0 Å². The van der Waals surface area contributed by atoms with E-state index in [4.69, 9.17) is 17.3 Å². The lowest BCUT2D eigenvalue weighted by atomic mass is 9.69. The first-order valence-electron chi connectivity index (χ1n) is 6.41. The molecule has 1 aliphatic rings. The Morgan fingerprint density at radius 2 is 1.81 bits per heavy atom. The summed E-state index contributed by atoms with van der Waals surface area (Å²) in [5.74, 6) is -1.86. The van der Waals surface area contributed by atoms with Crippen LogP contribution >= 0.6 is 11.6 Å². The predicted molar refractivity (Wildman–Crippen MR) is 78.3 cm³/mol. The second-order valence-electron chi connectivity index (χ2n) is 6.08. The zero-order valence-corrected chi connectivity index (χ0v) is 12.4. The first-order chi connectivity index (χ1) is 9.62. The van der Waals surface area contributed by atoms with E-state index in [2.05, 4.69) is 0 Å². The lowest BCUT2D eigenvalue weighted by Gasteiger charge is -2.32. The highest BCUT2D eigenvalue weighted by Crippen LogP contribution is 2.43. The predicted octanol–water partition coefficient (Wildman–Crippen LogP) is 2.87. The second-order valence-corrected chi connectivity index (χ2v) is 6.48. The van der Waals surface area contributed by atoms with Gasteiger partial charge < -0.3 is 5.73 Å². The minimum Gasteiger partial charge on any atom is -0.398 e. The summed E-state index contributed by atoms with van der Waals surface area (Å²) in [5, 5.41) is 11.2. The van der Waals surface area contributed by atoms with Crippen LogP contribution in [-0.2, 0) is 9.59 Å². The van der Waals surface area contributed by atoms with Gasteiger partial charge in [-0.1, -0.05) is 25.4 Å². The summed E-state index contributed by atoms with van der Waals surface area (Å²) < 4.78 is 0. The number of Topliss-reactive ketones (excluding diaryl/α,β-unsaturated/α-hetero) is 2. The summed E-state index contributed by atoms with van der Waals surface area (Å²) in [6.07, 6.45) is 0.364. The van der Waals surface area contributed by atoms with Crippen molar-refractivity contribution in [3.8, 4) is 0 Å². The Morgan fingerprint density at radius 1 is 1.29 bits per heavy atom. The number of nitrogens with zero attached hydrogens (tertiary/aromatic N) is 1. The Hall–Kier alpha value is -1.95. The molecule has 0 aromatic heterocycles. The van der Waals surface area contributed by atoms with Gasteiger partial charge >= 0.3 is 0 Å². The van der Waals surface area contributed by atoms with Crippen molar-refractivity contribution in [1.82, 2.24) is 0 Å². The van der Waals surface area contributed by atoms with Crippen LogP contribution in [0.25, 0.3) is 0 Å². The molecule has 7 heteroatoms. The summed E-state index contributed by atoms with van der Waals surface area (Å²) in [6, 6.07) is 2.45. The zero-order valence-electron chi connectivity index (χ0n) is 11.7. The molecule has 0 spiro atoms. The normalized spacial score (nSPS) is 18.8. The van der Waals surface area contributed by atoms with Crippen LogP contribution in [0.1, 0.15) is 38.2 Å². The smallest absolute Gasteiger partial charge is 0.277 e. The monoisotopic (exact) mass is 310 g/mol. The maximum atomic E-state index is 12.3. The summed E-state index contributed by atoms with van der Waals surface area (Å²) >= 11 is 6.02. The van der Waals surface area contributed by atoms with E-state index in [1.54, 1.807) is 0 Å². The molecule has 0 saturated heterocycles. The molecule has 2 N–H and O–H groups in total. The van der Waals surface area contributed by atoms with Gasteiger partial charge in [-0.25, -0.2) is 0 Å². The third kappa shape index (κ3) is 2.90. The van der Waals surface area contributed by atoms with Crippen LogP contribution in [-0.4, -0.2) is 16.5 Å². The minimum absolute atomic E-state index is 0.0203. The van der Waals surface area contributed by atoms with Crippen molar-refractivity contribution in [3.63, 3.8) is 0 Å². The summed E-state index contributed by atoms with van der Waals surface area (Å²) in [7, 11) is 0. The third-order valence-corrected chi connectivity index (χ3v) is 3.88. The molecular weight excluding hydrogens is 296 g/mol. The summed E-state index contributed by atoms with van der Waals surface area (Å²) in [5.41, 5.74) is 4.81. The van der Waals surface area contributed by atoms with E-state index in [0.29, 0.717) is 0 Å². The van der Waals surface area contributed by atoms with E-state index in [1.807, 2.05) is 13.8 Å². The van der Waals surface area contributed by atoms with E-state index in [-0.39, 0.29) is 46.4 Å². The van der Waals surface area contributed by atoms with Crippen molar-refractivity contribution >= 4 is 34.5 Å². The van der Waals surface area contributed by atoms with Crippen molar-refractivity contribution in [2.45, 2.75) is 32.6 Å². The van der Waals surface area contributed by atoms with Gasteiger partial charge in [-0.2, -0.15) is 0 Å². The number of rotatable bonds is 2. The summed E-state index contributed by atoms with van der Waals surface area (Å²) in [4.78, 5) is 35.1. The lowest BCUT2D eigenvalue weighted by Crippen LogP contribution is -2.36. The molecule has 6 nitrogen and oxygen atoms in total. The van der Waals surface area contributed by atoms with Gasteiger partial charge in [0.25, 0.3) is 5.69 Å². The van der Waals surface area contributed by atoms with Gasteiger partial charge in [0.05, 0.1) is 15.5 Å². The largest absolute Gasteiger partial charge is 0.398 e. The van der Waals surface area contributed by atoms with Crippen molar-refractivity contribution in [2.75, 3.05) is 5.73 Å². The van der Waals surface area contributed by atoms with Crippen LogP contribution in [0.5, 0.6) is 0 Å². The average molecular weight is 311 g/mol. The molecule has 0 atom stereocenters. The number of anilines is 1. The van der Waals surface area contributed by atoms with E-state index < -0.39 is 16.3 Å². The van der Waals surface area contributed by atoms with Crippen LogP contribution in [0.4, 0.5) is 11.4 Å². The maximum absolute atomic E-state index is 12.3. The number of hydrogen-bond donors (Lipinski definition) is 1. The van der Waals surface area contributed by atoms with Crippen LogP contribution in [0.15, 0.2) is 12.1 Å². The Morgan fingerprint density at radius 3 is 2.29 bits per heavy atom. The number of nitrogen functional groups attached to an aromatic ring is 1. The molecular formula is C14H15ClN2O4. The molecule has 1 aliphatic carbocycles. The fourth-order valence-corrected chi connectivity index (χ4v) is 3.10. The summed E-state index contributed by atoms with van der Waals surface area (Å²) in [6.45, 7) is 3.63. The fourth-order valence-electron chi connectivity index (χ4n) is 2.77. The van der Waals surface area contributed by atoms with Crippen molar-refractivity contribution in [1.29, 1.82) is 0 Å². The first kappa shape index (κ1) is 15.4. The van der Waals surface area contributed by atoms with Gasteiger partial charge in [-0.05, 0) is 11.5 Å². The molecule has 0 heterocycles.